The summed E-state index contributed by atoms with van der Waals surface area (Å²) >= 11 is 0. The number of amides is 3. The van der Waals surface area contributed by atoms with E-state index in [1.807, 2.05) is 12.1 Å². The predicted octanol–water partition coefficient (Wildman–Crippen LogP) is 1.05. The van der Waals surface area contributed by atoms with Crippen LogP contribution in [0.1, 0.15) is 34.3 Å². The number of ether oxygens (including phenoxy) is 1. The Morgan fingerprint density at radius 2 is 1.92 bits per heavy atom. The van der Waals surface area contributed by atoms with Crippen molar-refractivity contribution in [1.29, 1.82) is 0 Å². The SMILES string of the molecule is Nc1n[nH]c2c(CN3CC4COCC4C3)cc(-c3ccc4c(c3)CN(C3CCC(=O)NC3=O)C4=O)nc12. The second-order valence-corrected chi connectivity index (χ2v) is 10.5. The fraction of sp³-hybridized carbons (Fsp3) is 0.423. The minimum Gasteiger partial charge on any atom is -0.381 e. The summed E-state index contributed by atoms with van der Waals surface area (Å²) in [6.07, 6.45) is 0.565. The number of hydrogen-bond donors (Lipinski definition) is 3. The molecule has 11 nitrogen and oxygen atoms in total. The molecule has 37 heavy (non-hydrogen) atoms. The van der Waals surface area contributed by atoms with E-state index in [1.54, 1.807) is 11.0 Å². The molecule has 4 aliphatic heterocycles. The van der Waals surface area contributed by atoms with Gasteiger partial charge in [-0.25, -0.2) is 4.98 Å². The Kier molecular flexibility index (Phi) is 5.05. The van der Waals surface area contributed by atoms with Crippen LogP contribution in [0, 0.1) is 11.8 Å². The van der Waals surface area contributed by atoms with Crippen molar-refractivity contribution in [2.75, 3.05) is 32.0 Å². The molecule has 0 bridgehead atoms. The lowest BCUT2D eigenvalue weighted by molar-refractivity contribution is -0.136. The molecule has 3 amide bonds. The summed E-state index contributed by atoms with van der Waals surface area (Å²) in [5.41, 5.74) is 11.7. The van der Waals surface area contributed by atoms with Gasteiger partial charge < -0.3 is 15.4 Å². The number of carbonyl (C=O) groups excluding carboxylic acids is 3. The van der Waals surface area contributed by atoms with E-state index in [1.165, 1.54) is 0 Å². The summed E-state index contributed by atoms with van der Waals surface area (Å²) in [4.78, 5) is 45.8. The Labute approximate surface area is 212 Å². The Morgan fingerprint density at radius 1 is 1.11 bits per heavy atom. The molecule has 4 N–H and O–H groups in total. The van der Waals surface area contributed by atoms with Crippen molar-refractivity contribution < 1.29 is 19.1 Å². The van der Waals surface area contributed by atoms with Gasteiger partial charge in [0.15, 0.2) is 5.82 Å². The van der Waals surface area contributed by atoms with Gasteiger partial charge in [-0.05, 0) is 35.7 Å². The number of fused-ring (bicyclic) bond motifs is 3. The van der Waals surface area contributed by atoms with Crippen LogP contribution in [-0.4, -0.2) is 75.0 Å². The van der Waals surface area contributed by atoms with Crippen LogP contribution < -0.4 is 11.1 Å². The van der Waals surface area contributed by atoms with Crippen LogP contribution in [0.25, 0.3) is 22.3 Å². The number of piperidine rings is 1. The van der Waals surface area contributed by atoms with Crippen molar-refractivity contribution in [3.8, 4) is 11.3 Å². The zero-order chi connectivity index (χ0) is 25.3. The van der Waals surface area contributed by atoms with Crippen LogP contribution in [-0.2, 0) is 27.4 Å². The van der Waals surface area contributed by atoms with E-state index in [0.29, 0.717) is 41.7 Å². The van der Waals surface area contributed by atoms with Crippen LogP contribution in [0.2, 0.25) is 0 Å². The fourth-order valence-corrected chi connectivity index (χ4v) is 6.24. The van der Waals surface area contributed by atoms with Gasteiger partial charge in [-0.3, -0.25) is 29.7 Å². The number of likely N-dealkylation sites (tertiary alicyclic amines) is 1. The molecule has 7 rings (SSSR count). The number of rotatable bonds is 4. The average molecular weight is 502 g/mol. The van der Waals surface area contributed by atoms with Crippen molar-refractivity contribution in [3.63, 3.8) is 0 Å². The maximum Gasteiger partial charge on any atom is 0.255 e. The van der Waals surface area contributed by atoms with Gasteiger partial charge >= 0.3 is 0 Å². The summed E-state index contributed by atoms with van der Waals surface area (Å²) in [6, 6.07) is 7.07. The van der Waals surface area contributed by atoms with E-state index in [2.05, 4.69) is 26.5 Å². The van der Waals surface area contributed by atoms with Crippen molar-refractivity contribution in [2.45, 2.75) is 32.0 Å². The standard InChI is InChI=1S/C26H27N7O4/c27-24-23-22(30-31-24)15(7-32-8-16-11-37-12-17(16)9-32)6-19(28-23)13-1-2-18-14(5-13)10-33(26(18)36)20-3-4-21(34)29-25(20)35/h1-2,5-6,16-17,20H,3-4,7-12H2,(H3,27,30,31)(H,29,34,35). The first-order valence-corrected chi connectivity index (χ1v) is 12.7. The van der Waals surface area contributed by atoms with E-state index < -0.39 is 11.9 Å². The Bertz CT molecular complexity index is 1450. The number of benzene rings is 1. The number of aromatic amines is 1. The molecule has 3 fully saturated rings. The van der Waals surface area contributed by atoms with E-state index in [4.69, 9.17) is 15.5 Å². The summed E-state index contributed by atoms with van der Waals surface area (Å²) in [7, 11) is 0. The molecule has 6 heterocycles. The molecular weight excluding hydrogens is 474 g/mol. The molecule has 0 aliphatic carbocycles. The second-order valence-electron chi connectivity index (χ2n) is 10.5. The Balaban J connectivity index is 1.19. The molecule has 0 saturated carbocycles. The summed E-state index contributed by atoms with van der Waals surface area (Å²) in [6.45, 7) is 4.75. The van der Waals surface area contributed by atoms with Crippen molar-refractivity contribution in [3.05, 3.63) is 41.0 Å². The van der Waals surface area contributed by atoms with E-state index >= 15 is 0 Å². The van der Waals surface area contributed by atoms with Gasteiger partial charge in [0, 0.05) is 55.6 Å². The minimum atomic E-state index is -0.641. The van der Waals surface area contributed by atoms with Gasteiger partial charge in [0.1, 0.15) is 11.6 Å². The number of anilines is 1. The summed E-state index contributed by atoms with van der Waals surface area (Å²) in [5, 5.41) is 9.60. The number of nitrogens with two attached hydrogens (primary N) is 1. The molecule has 3 saturated heterocycles. The topological polar surface area (TPSA) is 147 Å². The average Bonchev–Trinajstić information content (AvgIpc) is 3.63. The van der Waals surface area contributed by atoms with E-state index in [0.717, 1.165) is 60.7 Å². The molecule has 3 unspecified atom stereocenters. The number of imide groups is 1. The highest BCUT2D eigenvalue weighted by Crippen LogP contribution is 2.34. The third kappa shape index (κ3) is 3.68. The number of aromatic nitrogens is 3. The molecule has 4 aliphatic rings. The third-order valence-corrected chi connectivity index (χ3v) is 8.16. The van der Waals surface area contributed by atoms with Crippen molar-refractivity contribution in [1.82, 2.24) is 30.3 Å². The molecule has 2 aromatic heterocycles. The van der Waals surface area contributed by atoms with E-state index in [-0.39, 0.29) is 18.2 Å². The first kappa shape index (κ1) is 22.4. The fourth-order valence-electron chi connectivity index (χ4n) is 6.24. The first-order valence-electron chi connectivity index (χ1n) is 12.7. The molecular formula is C26H27N7O4. The quantitative estimate of drug-likeness (QED) is 0.450. The lowest BCUT2D eigenvalue weighted by Crippen LogP contribution is -2.52. The van der Waals surface area contributed by atoms with Gasteiger partial charge in [0.05, 0.1) is 24.4 Å². The summed E-state index contributed by atoms with van der Waals surface area (Å²) in [5.74, 6) is 0.625. The van der Waals surface area contributed by atoms with Crippen molar-refractivity contribution >= 4 is 34.6 Å². The van der Waals surface area contributed by atoms with Gasteiger partial charge in [0.25, 0.3) is 5.91 Å². The largest absolute Gasteiger partial charge is 0.381 e. The van der Waals surface area contributed by atoms with Crippen molar-refractivity contribution in [2.24, 2.45) is 11.8 Å². The van der Waals surface area contributed by atoms with Crippen LogP contribution in [0.4, 0.5) is 5.82 Å². The van der Waals surface area contributed by atoms with Crippen LogP contribution in [0.15, 0.2) is 24.3 Å². The summed E-state index contributed by atoms with van der Waals surface area (Å²) < 4.78 is 5.63. The maximum atomic E-state index is 13.1. The normalized spacial score (nSPS) is 25.7. The van der Waals surface area contributed by atoms with E-state index in [9.17, 15) is 14.4 Å². The predicted molar refractivity (Wildman–Crippen MR) is 133 cm³/mol. The number of pyridine rings is 1. The monoisotopic (exact) mass is 501 g/mol. The maximum absolute atomic E-state index is 13.1. The molecule has 0 spiro atoms. The van der Waals surface area contributed by atoms with Crippen LogP contribution in [0.5, 0.6) is 0 Å². The van der Waals surface area contributed by atoms with Gasteiger partial charge in [-0.2, -0.15) is 5.10 Å². The zero-order valence-corrected chi connectivity index (χ0v) is 20.2. The Hall–Kier alpha value is -3.83. The third-order valence-electron chi connectivity index (χ3n) is 8.16. The smallest absolute Gasteiger partial charge is 0.255 e. The molecule has 190 valence electrons. The molecule has 3 aromatic rings. The van der Waals surface area contributed by atoms with Gasteiger partial charge in [-0.15, -0.1) is 0 Å². The number of hydrogen-bond acceptors (Lipinski definition) is 8. The number of carbonyl (C=O) groups is 3. The van der Waals surface area contributed by atoms with Gasteiger partial charge in [0.2, 0.25) is 11.8 Å². The molecule has 1 aromatic carbocycles. The lowest BCUT2D eigenvalue weighted by Gasteiger charge is -2.29. The number of H-pyrrole nitrogens is 1. The lowest BCUT2D eigenvalue weighted by atomic mass is 10.0. The van der Waals surface area contributed by atoms with Gasteiger partial charge in [-0.1, -0.05) is 6.07 Å². The number of nitrogen functional groups attached to an aromatic ring is 1. The molecule has 3 atom stereocenters. The highest BCUT2D eigenvalue weighted by atomic mass is 16.5. The minimum absolute atomic E-state index is 0.192. The highest BCUT2D eigenvalue weighted by molar-refractivity contribution is 6.05. The van der Waals surface area contributed by atoms with Crippen LogP contribution in [0.3, 0.4) is 0 Å². The molecule has 11 heteroatoms. The molecule has 0 radical (unpaired) electrons. The number of nitrogens with one attached hydrogen (secondary N) is 2. The Morgan fingerprint density at radius 3 is 2.70 bits per heavy atom. The first-order chi connectivity index (χ1) is 17.9. The van der Waals surface area contributed by atoms with Crippen LogP contribution >= 0.6 is 0 Å². The highest BCUT2D eigenvalue weighted by Gasteiger charge is 2.39. The second kappa shape index (κ2) is 8.35. The zero-order valence-electron chi connectivity index (χ0n) is 20.2. The number of nitrogens with zero attached hydrogens (tertiary/aromatic N) is 4.